The van der Waals surface area contributed by atoms with Gasteiger partial charge in [-0.2, -0.15) is 0 Å². The molecule has 6 nitrogen and oxygen atoms in total. The number of amides is 2. The van der Waals surface area contributed by atoms with Gasteiger partial charge < -0.3 is 20.5 Å². The lowest BCUT2D eigenvalue weighted by molar-refractivity contribution is -0.121. The van der Waals surface area contributed by atoms with Crippen LogP contribution in [0.3, 0.4) is 0 Å². The molecule has 0 saturated carbocycles. The zero-order valence-electron chi connectivity index (χ0n) is 20.8. The number of benzene rings is 1. The van der Waals surface area contributed by atoms with Crippen LogP contribution in [0.25, 0.3) is 0 Å². The van der Waals surface area contributed by atoms with E-state index in [4.69, 9.17) is 4.74 Å². The van der Waals surface area contributed by atoms with Crippen molar-refractivity contribution in [3.63, 3.8) is 0 Å². The van der Waals surface area contributed by atoms with Crippen molar-refractivity contribution in [1.82, 2.24) is 10.6 Å². The summed E-state index contributed by atoms with van der Waals surface area (Å²) < 4.78 is 5.39. The van der Waals surface area contributed by atoms with Crippen LogP contribution >= 0.6 is 0 Å². The number of ether oxygens (including phenoxy) is 1. The predicted octanol–water partition coefficient (Wildman–Crippen LogP) is 5.16. The average Bonchev–Trinajstić information content (AvgIpc) is 2.69. The number of carbonyl (C=O) groups is 2. The Bertz CT molecular complexity index is 670. The summed E-state index contributed by atoms with van der Waals surface area (Å²) in [5.74, 6) is 0.122. The molecule has 0 spiro atoms. The summed E-state index contributed by atoms with van der Waals surface area (Å²) in [5, 5.41) is 16.9. The van der Waals surface area contributed by atoms with Crippen molar-refractivity contribution in [2.75, 3.05) is 6.54 Å². The third-order valence-corrected chi connectivity index (χ3v) is 5.22. The molecule has 1 aromatic rings. The zero-order valence-corrected chi connectivity index (χ0v) is 20.8. The summed E-state index contributed by atoms with van der Waals surface area (Å²) in [6.07, 6.45) is 3.12. The molecule has 0 saturated heterocycles. The van der Waals surface area contributed by atoms with Gasteiger partial charge in [0.25, 0.3) is 0 Å². The summed E-state index contributed by atoms with van der Waals surface area (Å²) >= 11 is 0. The van der Waals surface area contributed by atoms with Crippen molar-refractivity contribution < 1.29 is 19.4 Å². The van der Waals surface area contributed by atoms with Crippen LogP contribution in [0.5, 0.6) is 0 Å². The van der Waals surface area contributed by atoms with Gasteiger partial charge in [-0.05, 0) is 57.4 Å². The fourth-order valence-electron chi connectivity index (χ4n) is 3.70. The van der Waals surface area contributed by atoms with Gasteiger partial charge in [0.05, 0.1) is 12.1 Å². The molecule has 32 heavy (non-hydrogen) atoms. The van der Waals surface area contributed by atoms with Crippen LogP contribution in [-0.2, 0) is 9.53 Å². The summed E-state index contributed by atoms with van der Waals surface area (Å²) in [7, 11) is 0. The average molecular weight is 449 g/mol. The van der Waals surface area contributed by atoms with Gasteiger partial charge in [-0.1, -0.05) is 63.9 Å². The number of aliphatic hydroxyl groups excluding tert-OH is 1. The lowest BCUT2D eigenvalue weighted by atomic mass is 9.86. The van der Waals surface area contributed by atoms with Crippen molar-refractivity contribution in [3.8, 4) is 0 Å². The minimum atomic E-state index is -0.803. The van der Waals surface area contributed by atoms with Gasteiger partial charge in [-0.15, -0.1) is 0 Å². The monoisotopic (exact) mass is 448 g/mol. The molecular weight excluding hydrogens is 404 g/mol. The van der Waals surface area contributed by atoms with Gasteiger partial charge in [0.1, 0.15) is 5.60 Å². The van der Waals surface area contributed by atoms with Crippen LogP contribution in [-0.4, -0.2) is 41.4 Å². The number of carbonyl (C=O) groups excluding carboxylic acids is 2. The van der Waals surface area contributed by atoms with E-state index in [1.54, 1.807) is 0 Å². The van der Waals surface area contributed by atoms with E-state index in [1.807, 2.05) is 51.1 Å². The second-order valence-electron chi connectivity index (χ2n) is 10.1. The number of hydrogen-bond donors (Lipinski definition) is 3. The van der Waals surface area contributed by atoms with E-state index in [2.05, 4.69) is 31.4 Å². The molecule has 0 aliphatic rings. The first-order valence-corrected chi connectivity index (χ1v) is 12.0. The second-order valence-corrected chi connectivity index (χ2v) is 10.1. The van der Waals surface area contributed by atoms with Gasteiger partial charge in [0.15, 0.2) is 0 Å². The van der Waals surface area contributed by atoms with E-state index < -0.39 is 23.8 Å². The first-order chi connectivity index (χ1) is 15.0. The normalized spacial score (nSPS) is 14.5. The van der Waals surface area contributed by atoms with Gasteiger partial charge >= 0.3 is 6.09 Å². The SMILES string of the molecule is CCCCCNC(=O)CC(CC(O)[C@H](CC(C)C)NC(=O)OC(C)(C)C)c1ccccc1. The van der Waals surface area contributed by atoms with E-state index in [-0.39, 0.29) is 17.7 Å². The minimum absolute atomic E-state index is 0.0114. The Kier molecular flexibility index (Phi) is 12.4. The van der Waals surface area contributed by atoms with Crippen LogP contribution in [0.15, 0.2) is 30.3 Å². The fourth-order valence-corrected chi connectivity index (χ4v) is 3.70. The molecule has 6 heteroatoms. The van der Waals surface area contributed by atoms with Crippen LogP contribution in [0, 0.1) is 5.92 Å². The van der Waals surface area contributed by atoms with Crippen molar-refractivity contribution in [2.24, 2.45) is 5.92 Å². The molecular formula is C26H44N2O4. The topological polar surface area (TPSA) is 87.7 Å². The molecule has 0 heterocycles. The molecule has 3 atom stereocenters. The highest BCUT2D eigenvalue weighted by Gasteiger charge is 2.29. The summed E-state index contributed by atoms with van der Waals surface area (Å²) in [4.78, 5) is 24.9. The lowest BCUT2D eigenvalue weighted by Gasteiger charge is -2.30. The number of nitrogens with one attached hydrogen (secondary N) is 2. The van der Waals surface area contributed by atoms with Crippen LogP contribution < -0.4 is 10.6 Å². The Hall–Kier alpha value is -2.08. The number of hydrogen-bond acceptors (Lipinski definition) is 4. The molecule has 1 aromatic carbocycles. The molecule has 0 aliphatic carbocycles. The highest BCUT2D eigenvalue weighted by atomic mass is 16.6. The predicted molar refractivity (Wildman–Crippen MR) is 130 cm³/mol. The van der Waals surface area contributed by atoms with E-state index in [9.17, 15) is 14.7 Å². The molecule has 0 fully saturated rings. The van der Waals surface area contributed by atoms with Crippen LogP contribution in [0.1, 0.15) is 91.5 Å². The standard InChI is InChI=1S/C26H44N2O4/c1-7-8-12-15-27-24(30)18-21(20-13-10-9-11-14-20)17-23(29)22(16-19(2)3)28-25(31)32-26(4,5)6/h9-11,13-14,19,21-23,29H,7-8,12,15-18H2,1-6H3,(H,27,30)(H,28,31)/t21?,22-,23?/m0/s1. The van der Waals surface area contributed by atoms with Crippen LogP contribution in [0.4, 0.5) is 4.79 Å². The molecule has 0 aliphatic heterocycles. The van der Waals surface area contributed by atoms with Crippen molar-refractivity contribution in [1.29, 1.82) is 0 Å². The van der Waals surface area contributed by atoms with E-state index in [0.29, 0.717) is 25.8 Å². The Morgan fingerprint density at radius 3 is 2.28 bits per heavy atom. The Labute approximate surface area is 194 Å². The number of rotatable bonds is 13. The lowest BCUT2D eigenvalue weighted by Crippen LogP contribution is -2.46. The largest absolute Gasteiger partial charge is 0.444 e. The van der Waals surface area contributed by atoms with Gasteiger partial charge in [0, 0.05) is 13.0 Å². The molecule has 0 bridgehead atoms. The zero-order chi connectivity index (χ0) is 24.1. The Morgan fingerprint density at radius 1 is 1.06 bits per heavy atom. The van der Waals surface area contributed by atoms with Crippen molar-refractivity contribution in [3.05, 3.63) is 35.9 Å². The smallest absolute Gasteiger partial charge is 0.407 e. The first-order valence-electron chi connectivity index (χ1n) is 12.0. The van der Waals surface area contributed by atoms with Gasteiger partial charge in [-0.3, -0.25) is 4.79 Å². The summed E-state index contributed by atoms with van der Waals surface area (Å²) in [5.41, 5.74) is 0.399. The summed E-state index contributed by atoms with van der Waals surface area (Å²) in [6, 6.07) is 9.34. The second kappa shape index (κ2) is 14.1. The Balaban J connectivity index is 2.88. The molecule has 0 aromatic heterocycles. The molecule has 2 unspecified atom stereocenters. The van der Waals surface area contributed by atoms with Gasteiger partial charge in [-0.25, -0.2) is 4.79 Å². The number of unbranched alkanes of at least 4 members (excludes halogenated alkanes) is 2. The number of aliphatic hydroxyl groups is 1. The summed E-state index contributed by atoms with van der Waals surface area (Å²) in [6.45, 7) is 12.3. The maximum absolute atomic E-state index is 12.6. The molecule has 182 valence electrons. The minimum Gasteiger partial charge on any atom is -0.444 e. The quantitative estimate of drug-likeness (QED) is 0.364. The number of alkyl carbamates (subject to hydrolysis) is 1. The highest BCUT2D eigenvalue weighted by Crippen LogP contribution is 2.27. The Morgan fingerprint density at radius 2 is 1.72 bits per heavy atom. The molecule has 1 rings (SSSR count). The maximum Gasteiger partial charge on any atom is 0.407 e. The van der Waals surface area contributed by atoms with E-state index in [0.717, 1.165) is 24.8 Å². The molecule has 3 N–H and O–H groups in total. The van der Waals surface area contributed by atoms with Crippen molar-refractivity contribution in [2.45, 2.75) is 104 Å². The highest BCUT2D eigenvalue weighted by molar-refractivity contribution is 5.76. The third kappa shape index (κ3) is 12.1. The maximum atomic E-state index is 12.6. The van der Waals surface area contributed by atoms with E-state index >= 15 is 0 Å². The first kappa shape index (κ1) is 28.0. The van der Waals surface area contributed by atoms with Crippen LogP contribution in [0.2, 0.25) is 0 Å². The van der Waals surface area contributed by atoms with Gasteiger partial charge in [0.2, 0.25) is 5.91 Å². The fraction of sp³-hybridized carbons (Fsp3) is 0.692. The van der Waals surface area contributed by atoms with E-state index in [1.165, 1.54) is 0 Å². The van der Waals surface area contributed by atoms with Crippen molar-refractivity contribution >= 4 is 12.0 Å². The third-order valence-electron chi connectivity index (χ3n) is 5.22. The molecule has 0 radical (unpaired) electrons. The molecule has 2 amide bonds.